The maximum Gasteiger partial charge on any atom is 0.223 e. The molecule has 0 aliphatic carbocycles. The fourth-order valence-electron chi connectivity index (χ4n) is 1.44. The van der Waals surface area contributed by atoms with Crippen molar-refractivity contribution in [2.75, 3.05) is 0 Å². The van der Waals surface area contributed by atoms with E-state index in [1.165, 1.54) is 0 Å². The maximum atomic E-state index is 5.76. The summed E-state index contributed by atoms with van der Waals surface area (Å²) < 4.78 is 7.45. The number of benzene rings is 1. The number of nitrogens with zero attached hydrogens (tertiary/aromatic N) is 2. The van der Waals surface area contributed by atoms with Crippen molar-refractivity contribution in [3.8, 4) is 11.6 Å². The van der Waals surface area contributed by atoms with Crippen molar-refractivity contribution in [3.05, 3.63) is 45.2 Å². The van der Waals surface area contributed by atoms with E-state index < -0.39 is 0 Å². The summed E-state index contributed by atoms with van der Waals surface area (Å²) in [5.74, 6) is 2.01. The fraction of sp³-hybridized carbons (Fsp3) is 0.286. The smallest absolute Gasteiger partial charge is 0.223 e. The van der Waals surface area contributed by atoms with Crippen LogP contribution in [0.2, 0.25) is 0 Å². The van der Waals surface area contributed by atoms with Crippen LogP contribution in [0.4, 0.5) is 0 Å². The Morgan fingerprint density at radius 2 is 1.79 bits per heavy atom. The summed E-state index contributed by atoms with van der Waals surface area (Å²) in [5, 5.41) is 0. The molecule has 2 rings (SSSR count). The second-order valence-electron chi connectivity index (χ2n) is 5.16. The topological polar surface area (TPSA) is 35.0 Å². The highest BCUT2D eigenvalue weighted by Crippen LogP contribution is 2.27. The zero-order valence-electron chi connectivity index (χ0n) is 10.9. The Kier molecular flexibility index (Phi) is 4.26. The van der Waals surface area contributed by atoms with Gasteiger partial charge in [0.2, 0.25) is 5.88 Å². The van der Waals surface area contributed by atoms with Crippen LogP contribution < -0.4 is 4.74 Å². The van der Waals surface area contributed by atoms with Crippen molar-refractivity contribution in [1.82, 2.24) is 9.97 Å². The van der Waals surface area contributed by atoms with Crippen LogP contribution in [0.25, 0.3) is 0 Å². The molecule has 0 saturated heterocycles. The van der Waals surface area contributed by atoms with Gasteiger partial charge in [0, 0.05) is 16.0 Å². The van der Waals surface area contributed by atoms with E-state index in [0.717, 1.165) is 20.6 Å². The minimum absolute atomic E-state index is 0.126. The molecule has 1 aromatic heterocycles. The van der Waals surface area contributed by atoms with Crippen molar-refractivity contribution < 1.29 is 4.74 Å². The lowest BCUT2D eigenvalue weighted by atomic mass is 9.96. The zero-order chi connectivity index (χ0) is 14.0. The van der Waals surface area contributed by atoms with Gasteiger partial charge in [-0.2, -0.15) is 4.98 Å². The van der Waals surface area contributed by atoms with Gasteiger partial charge in [0.05, 0.1) is 0 Å². The number of rotatable bonds is 2. The molecule has 0 saturated carbocycles. The van der Waals surface area contributed by atoms with Gasteiger partial charge in [-0.3, -0.25) is 0 Å². The zero-order valence-corrected chi connectivity index (χ0v) is 14.1. The molecule has 0 N–H and O–H groups in total. The molecular formula is C14H14Br2N2O. The monoisotopic (exact) mass is 384 g/mol. The normalized spacial score (nSPS) is 11.4. The molecule has 1 heterocycles. The van der Waals surface area contributed by atoms with E-state index in [1.54, 1.807) is 6.07 Å². The molecule has 100 valence electrons. The molecule has 0 bridgehead atoms. The van der Waals surface area contributed by atoms with Gasteiger partial charge in [-0.25, -0.2) is 4.98 Å². The van der Waals surface area contributed by atoms with Crippen LogP contribution in [-0.4, -0.2) is 9.97 Å². The first kappa shape index (κ1) is 14.5. The van der Waals surface area contributed by atoms with E-state index in [-0.39, 0.29) is 5.41 Å². The van der Waals surface area contributed by atoms with Gasteiger partial charge >= 0.3 is 0 Å². The lowest BCUT2D eigenvalue weighted by molar-refractivity contribution is 0.444. The minimum atomic E-state index is -0.126. The highest BCUT2D eigenvalue weighted by atomic mass is 79.9. The van der Waals surface area contributed by atoms with Crippen LogP contribution in [-0.2, 0) is 5.41 Å². The molecule has 0 atom stereocenters. The highest BCUT2D eigenvalue weighted by Gasteiger charge is 2.19. The summed E-state index contributed by atoms with van der Waals surface area (Å²) in [5.41, 5.74) is -0.126. The Hall–Kier alpha value is -0.940. The largest absolute Gasteiger partial charge is 0.439 e. The molecule has 0 fully saturated rings. The van der Waals surface area contributed by atoms with E-state index in [0.29, 0.717) is 5.88 Å². The maximum absolute atomic E-state index is 5.76. The molecule has 0 unspecified atom stereocenters. The molecule has 1 aromatic carbocycles. The number of halogens is 2. The molecule has 0 spiro atoms. The number of ether oxygens (including phenoxy) is 1. The fourth-order valence-corrected chi connectivity index (χ4v) is 2.18. The Bertz CT molecular complexity index is 594. The van der Waals surface area contributed by atoms with E-state index in [1.807, 2.05) is 24.3 Å². The minimum Gasteiger partial charge on any atom is -0.439 e. The molecule has 0 aliphatic heterocycles. The lowest BCUT2D eigenvalue weighted by Gasteiger charge is -2.17. The second-order valence-corrected chi connectivity index (χ2v) is 6.89. The average molecular weight is 386 g/mol. The van der Waals surface area contributed by atoms with Gasteiger partial charge in [-0.15, -0.1) is 0 Å². The summed E-state index contributed by atoms with van der Waals surface area (Å²) in [6, 6.07) is 9.41. The van der Waals surface area contributed by atoms with E-state index >= 15 is 0 Å². The van der Waals surface area contributed by atoms with E-state index in [4.69, 9.17) is 4.74 Å². The quantitative estimate of drug-likeness (QED) is 0.675. The number of hydrogen-bond acceptors (Lipinski definition) is 3. The van der Waals surface area contributed by atoms with Crippen molar-refractivity contribution in [3.63, 3.8) is 0 Å². The molecule has 0 amide bonds. The predicted octanol–water partition coefficient (Wildman–Crippen LogP) is 5.09. The first-order valence-corrected chi connectivity index (χ1v) is 7.42. The molecular weight excluding hydrogens is 372 g/mol. The third-order valence-corrected chi connectivity index (χ3v) is 3.26. The Labute approximate surface area is 129 Å². The third-order valence-electron chi connectivity index (χ3n) is 2.36. The van der Waals surface area contributed by atoms with Crippen molar-refractivity contribution in [2.45, 2.75) is 26.2 Å². The highest BCUT2D eigenvalue weighted by molar-refractivity contribution is 9.10. The van der Waals surface area contributed by atoms with Gasteiger partial charge in [0.25, 0.3) is 0 Å². The Balaban J connectivity index is 2.33. The summed E-state index contributed by atoms with van der Waals surface area (Å²) in [4.78, 5) is 8.83. The molecule has 2 aromatic rings. The van der Waals surface area contributed by atoms with Crippen LogP contribution in [0.5, 0.6) is 11.6 Å². The molecule has 0 aliphatic rings. The van der Waals surface area contributed by atoms with Gasteiger partial charge in [-0.05, 0) is 34.1 Å². The first-order valence-electron chi connectivity index (χ1n) is 5.83. The summed E-state index contributed by atoms with van der Waals surface area (Å²) in [7, 11) is 0. The van der Waals surface area contributed by atoms with Gasteiger partial charge in [0.15, 0.2) is 0 Å². The molecule has 0 radical (unpaired) electrons. The average Bonchev–Trinajstić information content (AvgIpc) is 2.26. The van der Waals surface area contributed by atoms with Crippen LogP contribution >= 0.6 is 31.9 Å². The summed E-state index contributed by atoms with van der Waals surface area (Å²) in [6.45, 7) is 6.20. The summed E-state index contributed by atoms with van der Waals surface area (Å²) in [6.07, 6.45) is 0. The lowest BCUT2D eigenvalue weighted by Crippen LogP contribution is -2.16. The Morgan fingerprint density at radius 1 is 1.05 bits per heavy atom. The second kappa shape index (κ2) is 5.59. The van der Waals surface area contributed by atoms with E-state index in [2.05, 4.69) is 62.6 Å². The van der Waals surface area contributed by atoms with Gasteiger partial charge in [-0.1, -0.05) is 42.8 Å². The van der Waals surface area contributed by atoms with Crippen molar-refractivity contribution in [1.29, 1.82) is 0 Å². The molecule has 3 nitrogen and oxygen atoms in total. The van der Waals surface area contributed by atoms with E-state index in [9.17, 15) is 0 Å². The number of aromatic nitrogens is 2. The van der Waals surface area contributed by atoms with Crippen LogP contribution in [0, 0.1) is 0 Å². The van der Waals surface area contributed by atoms with Crippen molar-refractivity contribution >= 4 is 31.9 Å². The third kappa shape index (κ3) is 4.01. The van der Waals surface area contributed by atoms with Gasteiger partial charge < -0.3 is 4.74 Å². The first-order chi connectivity index (χ1) is 8.84. The van der Waals surface area contributed by atoms with Crippen molar-refractivity contribution in [2.24, 2.45) is 0 Å². The SMILES string of the molecule is CC(C)(C)c1nc(Br)cc(Oc2cccc(Br)c2)n1. The molecule has 19 heavy (non-hydrogen) atoms. The van der Waals surface area contributed by atoms with Crippen LogP contribution in [0.3, 0.4) is 0 Å². The number of hydrogen-bond donors (Lipinski definition) is 0. The standard InChI is InChI=1S/C14H14Br2N2O/c1-14(2,3)13-17-11(16)8-12(18-13)19-10-6-4-5-9(15)7-10/h4-8H,1-3H3. The van der Waals surface area contributed by atoms with Gasteiger partial charge in [0.1, 0.15) is 16.2 Å². The van der Waals surface area contributed by atoms with Crippen LogP contribution in [0.15, 0.2) is 39.4 Å². The summed E-state index contributed by atoms with van der Waals surface area (Å²) >= 11 is 6.81. The van der Waals surface area contributed by atoms with Crippen LogP contribution in [0.1, 0.15) is 26.6 Å². The predicted molar refractivity (Wildman–Crippen MR) is 82.6 cm³/mol. The Morgan fingerprint density at radius 3 is 2.42 bits per heavy atom. The molecule has 5 heteroatoms.